The minimum absolute atomic E-state index is 0.149. The molecule has 0 aromatic rings. The molecule has 1 heterocycles. The molecule has 0 amide bonds. The Morgan fingerprint density at radius 3 is 2.35 bits per heavy atom. The predicted molar refractivity (Wildman–Crippen MR) is 62.9 cm³/mol. The average molecular weight is 246 g/mol. The van der Waals surface area contributed by atoms with E-state index in [0.29, 0.717) is 18.9 Å². The Kier molecular flexibility index (Phi) is 4.37. The number of alkyl halides is 3. The van der Waals surface area contributed by atoms with Crippen molar-refractivity contribution in [3.63, 3.8) is 0 Å². The first-order valence-corrected chi connectivity index (χ1v) is 5.65. The first-order chi connectivity index (χ1) is 7.90. The zero-order valence-electron chi connectivity index (χ0n) is 10.3. The van der Waals surface area contributed by atoms with Crippen LogP contribution in [0.25, 0.3) is 0 Å². The molecule has 0 spiro atoms. The van der Waals surface area contributed by atoms with E-state index in [-0.39, 0.29) is 12.0 Å². The third-order valence-electron chi connectivity index (χ3n) is 2.83. The summed E-state index contributed by atoms with van der Waals surface area (Å²) in [4.78, 5) is 5.94. The Morgan fingerprint density at radius 1 is 1.29 bits per heavy atom. The van der Waals surface area contributed by atoms with Gasteiger partial charge >= 0.3 is 6.18 Å². The van der Waals surface area contributed by atoms with Crippen LogP contribution in [0.1, 0.15) is 27.2 Å². The molecular weight excluding hydrogens is 229 g/mol. The van der Waals surface area contributed by atoms with E-state index < -0.39 is 11.7 Å². The van der Waals surface area contributed by atoms with Crippen molar-refractivity contribution in [1.29, 1.82) is 0 Å². The summed E-state index contributed by atoms with van der Waals surface area (Å²) in [6.07, 6.45) is -1.57. The van der Waals surface area contributed by atoms with Crippen molar-refractivity contribution in [1.82, 2.24) is 4.90 Å². The van der Waals surface area contributed by atoms with Crippen LogP contribution in [-0.2, 0) is 0 Å². The highest BCUT2D eigenvalue weighted by Crippen LogP contribution is 2.33. The molecule has 0 bridgehead atoms. The Bertz CT molecular complexity index is 360. The van der Waals surface area contributed by atoms with Crippen molar-refractivity contribution < 1.29 is 13.2 Å². The molecule has 0 N–H and O–H groups in total. The Balaban J connectivity index is 3.04. The van der Waals surface area contributed by atoms with Gasteiger partial charge < -0.3 is 4.90 Å². The Morgan fingerprint density at radius 2 is 1.88 bits per heavy atom. The zero-order valence-corrected chi connectivity index (χ0v) is 10.3. The van der Waals surface area contributed by atoms with Crippen molar-refractivity contribution in [2.75, 3.05) is 13.1 Å². The summed E-state index contributed by atoms with van der Waals surface area (Å²) in [5.41, 5.74) is -0.264. The number of amidine groups is 1. The second kappa shape index (κ2) is 5.38. The maximum absolute atomic E-state index is 12.9. The molecule has 5 heteroatoms. The molecule has 1 rings (SSSR count). The van der Waals surface area contributed by atoms with Gasteiger partial charge in [-0.05, 0) is 32.4 Å². The van der Waals surface area contributed by atoms with Crippen LogP contribution in [0.4, 0.5) is 13.2 Å². The van der Waals surface area contributed by atoms with Gasteiger partial charge in [0.2, 0.25) is 0 Å². The fourth-order valence-corrected chi connectivity index (χ4v) is 1.78. The van der Waals surface area contributed by atoms with Gasteiger partial charge in [-0.2, -0.15) is 13.2 Å². The highest BCUT2D eigenvalue weighted by Gasteiger charge is 2.36. The Labute approximate surface area is 99.5 Å². The molecule has 0 radical (unpaired) electrons. The summed E-state index contributed by atoms with van der Waals surface area (Å²) in [6, 6.07) is 0. The number of allylic oxidation sites excluding steroid dienone is 2. The molecule has 0 saturated heterocycles. The predicted octanol–water partition coefficient (Wildman–Crippen LogP) is 3.52. The van der Waals surface area contributed by atoms with Gasteiger partial charge in [0.05, 0.1) is 0 Å². The first-order valence-electron chi connectivity index (χ1n) is 5.65. The van der Waals surface area contributed by atoms with Gasteiger partial charge in [-0.1, -0.05) is 0 Å². The largest absolute Gasteiger partial charge is 0.413 e. The van der Waals surface area contributed by atoms with E-state index in [9.17, 15) is 13.2 Å². The minimum atomic E-state index is -4.29. The number of hydrogen-bond donors (Lipinski definition) is 0. The van der Waals surface area contributed by atoms with E-state index in [2.05, 4.69) is 4.99 Å². The van der Waals surface area contributed by atoms with E-state index in [0.717, 1.165) is 0 Å². The van der Waals surface area contributed by atoms with Crippen molar-refractivity contribution in [2.24, 2.45) is 4.99 Å². The summed E-state index contributed by atoms with van der Waals surface area (Å²) in [5.74, 6) is 0.482. The van der Waals surface area contributed by atoms with Crippen LogP contribution in [0, 0.1) is 0 Å². The van der Waals surface area contributed by atoms with E-state index in [4.69, 9.17) is 0 Å². The van der Waals surface area contributed by atoms with Gasteiger partial charge in [-0.3, -0.25) is 0 Å². The van der Waals surface area contributed by atoms with Crippen LogP contribution in [0.5, 0.6) is 0 Å². The SMILES string of the molecule is CCN(CC)C1=NC=CC(C)=C(C(F)(F)F)C1. The topological polar surface area (TPSA) is 15.6 Å². The standard InChI is InChI=1S/C12H17F3N2/c1-4-17(5-2)11-8-10(12(13,14)15)9(3)6-7-16-11/h6-7H,4-5,8H2,1-3H3. The van der Waals surface area contributed by atoms with Crippen molar-refractivity contribution in [3.8, 4) is 0 Å². The first kappa shape index (κ1) is 13.8. The quantitative estimate of drug-likeness (QED) is 0.727. The van der Waals surface area contributed by atoms with E-state index in [1.54, 1.807) is 0 Å². The molecular formula is C12H17F3N2. The second-order valence-electron chi connectivity index (χ2n) is 3.87. The lowest BCUT2D eigenvalue weighted by molar-refractivity contribution is -0.0932. The lowest BCUT2D eigenvalue weighted by Gasteiger charge is -2.24. The van der Waals surface area contributed by atoms with E-state index >= 15 is 0 Å². The van der Waals surface area contributed by atoms with Gasteiger partial charge in [0, 0.05) is 31.3 Å². The van der Waals surface area contributed by atoms with Crippen LogP contribution >= 0.6 is 0 Å². The smallest absolute Gasteiger partial charge is 0.360 e. The van der Waals surface area contributed by atoms with Gasteiger partial charge in [0.25, 0.3) is 0 Å². The summed E-state index contributed by atoms with van der Waals surface area (Å²) in [5, 5.41) is 0. The number of hydrogen-bond acceptors (Lipinski definition) is 2. The average Bonchev–Trinajstić information content (AvgIpc) is 2.42. The van der Waals surface area contributed by atoms with Crippen LogP contribution < -0.4 is 0 Å². The number of halogens is 3. The summed E-state index contributed by atoms with van der Waals surface area (Å²) in [7, 11) is 0. The minimum Gasteiger partial charge on any atom is -0.360 e. The fraction of sp³-hybridized carbons (Fsp3) is 0.583. The van der Waals surface area contributed by atoms with Crippen molar-refractivity contribution >= 4 is 5.84 Å². The molecule has 1 aliphatic rings. The molecule has 96 valence electrons. The number of aliphatic imine (C=N–C) groups is 1. The molecule has 1 aliphatic heterocycles. The molecule has 0 aliphatic carbocycles. The number of nitrogens with zero attached hydrogens (tertiary/aromatic N) is 2. The third kappa shape index (κ3) is 3.35. The van der Waals surface area contributed by atoms with Crippen LogP contribution in [0.15, 0.2) is 28.4 Å². The monoisotopic (exact) mass is 246 g/mol. The van der Waals surface area contributed by atoms with Gasteiger partial charge in [0.1, 0.15) is 5.84 Å². The maximum Gasteiger partial charge on any atom is 0.413 e. The van der Waals surface area contributed by atoms with Crippen LogP contribution in [0.2, 0.25) is 0 Å². The van der Waals surface area contributed by atoms with Crippen LogP contribution in [0.3, 0.4) is 0 Å². The molecule has 2 nitrogen and oxygen atoms in total. The van der Waals surface area contributed by atoms with Gasteiger partial charge in [-0.15, -0.1) is 0 Å². The third-order valence-corrected chi connectivity index (χ3v) is 2.83. The fourth-order valence-electron chi connectivity index (χ4n) is 1.78. The second-order valence-corrected chi connectivity index (χ2v) is 3.87. The highest BCUT2D eigenvalue weighted by atomic mass is 19.4. The molecule has 0 aromatic heterocycles. The molecule has 0 unspecified atom stereocenters. The lowest BCUT2D eigenvalue weighted by Crippen LogP contribution is -2.32. The zero-order chi connectivity index (χ0) is 13.1. The molecule has 17 heavy (non-hydrogen) atoms. The number of rotatable bonds is 2. The van der Waals surface area contributed by atoms with Gasteiger partial charge in [0.15, 0.2) is 0 Å². The maximum atomic E-state index is 12.9. The normalized spacial score (nSPS) is 16.9. The molecule has 0 aromatic carbocycles. The summed E-state index contributed by atoms with van der Waals surface area (Å²) < 4.78 is 38.6. The van der Waals surface area contributed by atoms with Crippen LogP contribution in [-0.4, -0.2) is 30.0 Å². The van der Waals surface area contributed by atoms with E-state index in [1.807, 2.05) is 18.7 Å². The molecule has 0 atom stereocenters. The summed E-state index contributed by atoms with van der Waals surface area (Å²) >= 11 is 0. The van der Waals surface area contributed by atoms with E-state index in [1.165, 1.54) is 19.2 Å². The Hall–Kier alpha value is -1.26. The van der Waals surface area contributed by atoms with Crippen molar-refractivity contribution in [3.05, 3.63) is 23.4 Å². The summed E-state index contributed by atoms with van der Waals surface area (Å²) in [6.45, 7) is 6.61. The lowest BCUT2D eigenvalue weighted by atomic mass is 10.1. The molecule has 0 saturated carbocycles. The van der Waals surface area contributed by atoms with Gasteiger partial charge in [-0.25, -0.2) is 4.99 Å². The van der Waals surface area contributed by atoms with Crippen molar-refractivity contribution in [2.45, 2.75) is 33.4 Å². The molecule has 0 fully saturated rings. The highest BCUT2D eigenvalue weighted by molar-refractivity contribution is 5.86.